The van der Waals surface area contributed by atoms with E-state index in [1.54, 1.807) is 26.5 Å². The molecule has 4 rings (SSSR count). The fourth-order valence-corrected chi connectivity index (χ4v) is 3.64. The molecule has 0 bridgehead atoms. The quantitative estimate of drug-likeness (QED) is 0.398. The maximum absolute atomic E-state index is 5.43. The zero-order chi connectivity index (χ0) is 20.2. The summed E-state index contributed by atoms with van der Waals surface area (Å²) in [5, 5.41) is 13.3. The maximum Gasteiger partial charge on any atom is 0.237 e. The summed E-state index contributed by atoms with van der Waals surface area (Å²) in [6.45, 7) is 2.74. The van der Waals surface area contributed by atoms with Gasteiger partial charge in [-0.3, -0.25) is 4.57 Å². The average Bonchev–Trinajstić information content (AvgIpc) is 3.51. The van der Waals surface area contributed by atoms with Crippen molar-refractivity contribution in [1.29, 1.82) is 0 Å². The van der Waals surface area contributed by atoms with Gasteiger partial charge in [-0.15, -0.1) is 10.2 Å². The van der Waals surface area contributed by atoms with Crippen molar-refractivity contribution in [1.82, 2.24) is 24.9 Å². The summed E-state index contributed by atoms with van der Waals surface area (Å²) < 4.78 is 23.4. The third kappa shape index (κ3) is 3.83. The van der Waals surface area contributed by atoms with E-state index in [4.69, 9.17) is 18.4 Å². The number of hydrogen-bond donors (Lipinski definition) is 0. The lowest BCUT2D eigenvalue weighted by atomic mass is 10.2. The second kappa shape index (κ2) is 8.39. The Balaban J connectivity index is 1.49. The first-order valence-electron chi connectivity index (χ1n) is 8.88. The summed E-state index contributed by atoms with van der Waals surface area (Å²) in [7, 11) is 3.17. The largest absolute Gasteiger partial charge is 0.493 e. The SMILES string of the molecule is CCn1c(SCc2nc(-c3ccc(OC)c(OC)c3)no2)nnc1-c1ccco1. The number of rotatable bonds is 8. The van der Waals surface area contributed by atoms with Crippen LogP contribution in [0.5, 0.6) is 11.5 Å². The first-order chi connectivity index (χ1) is 14.2. The van der Waals surface area contributed by atoms with Gasteiger partial charge in [-0.05, 0) is 37.3 Å². The van der Waals surface area contributed by atoms with Gasteiger partial charge in [0.1, 0.15) is 0 Å². The average molecular weight is 413 g/mol. The van der Waals surface area contributed by atoms with Gasteiger partial charge in [0.05, 0.1) is 26.2 Å². The van der Waals surface area contributed by atoms with Gasteiger partial charge in [-0.25, -0.2) is 0 Å². The van der Waals surface area contributed by atoms with E-state index in [-0.39, 0.29) is 0 Å². The number of nitrogens with zero attached hydrogens (tertiary/aromatic N) is 5. The molecule has 3 aromatic heterocycles. The van der Waals surface area contributed by atoms with Crippen molar-refractivity contribution >= 4 is 11.8 Å². The lowest BCUT2D eigenvalue weighted by Gasteiger charge is -2.07. The standard InChI is InChI=1S/C19H19N5O4S/c1-4-24-18(14-6-5-9-27-14)21-22-19(24)29-11-16-20-17(23-28-16)12-7-8-13(25-2)15(10-12)26-3/h5-10H,4,11H2,1-3H3. The molecule has 0 amide bonds. The highest BCUT2D eigenvalue weighted by atomic mass is 32.2. The van der Waals surface area contributed by atoms with Gasteiger partial charge in [0.2, 0.25) is 11.7 Å². The second-order valence-electron chi connectivity index (χ2n) is 5.90. The van der Waals surface area contributed by atoms with Crippen LogP contribution in [0, 0.1) is 0 Å². The predicted octanol–water partition coefficient (Wildman–Crippen LogP) is 3.92. The molecule has 0 saturated carbocycles. The summed E-state index contributed by atoms with van der Waals surface area (Å²) in [5.41, 5.74) is 0.777. The highest BCUT2D eigenvalue weighted by molar-refractivity contribution is 7.98. The summed E-state index contributed by atoms with van der Waals surface area (Å²) in [4.78, 5) is 4.47. The monoisotopic (exact) mass is 413 g/mol. The van der Waals surface area contributed by atoms with Gasteiger partial charge < -0.3 is 18.4 Å². The van der Waals surface area contributed by atoms with Crippen molar-refractivity contribution in [3.63, 3.8) is 0 Å². The number of ether oxygens (including phenoxy) is 2. The number of aromatic nitrogens is 5. The number of furan rings is 1. The molecule has 0 saturated heterocycles. The van der Waals surface area contributed by atoms with E-state index in [1.807, 2.05) is 35.8 Å². The molecule has 0 aliphatic carbocycles. The molecule has 3 heterocycles. The molecule has 0 fully saturated rings. The fourth-order valence-electron chi connectivity index (χ4n) is 2.80. The fraction of sp³-hybridized carbons (Fsp3) is 0.263. The molecule has 0 atom stereocenters. The van der Waals surface area contributed by atoms with E-state index in [0.717, 1.165) is 10.7 Å². The minimum Gasteiger partial charge on any atom is -0.493 e. The third-order valence-electron chi connectivity index (χ3n) is 4.21. The van der Waals surface area contributed by atoms with Crippen LogP contribution in [0.3, 0.4) is 0 Å². The Labute approximate surface area is 171 Å². The van der Waals surface area contributed by atoms with Crippen molar-refractivity contribution in [2.24, 2.45) is 0 Å². The van der Waals surface area contributed by atoms with Crippen LogP contribution in [-0.4, -0.2) is 39.1 Å². The highest BCUT2D eigenvalue weighted by Gasteiger charge is 2.17. The summed E-state index contributed by atoms with van der Waals surface area (Å²) in [5.74, 6) is 4.06. The molecule has 0 radical (unpaired) electrons. The van der Waals surface area contributed by atoms with Gasteiger partial charge in [0, 0.05) is 12.1 Å². The Morgan fingerprint density at radius 2 is 1.97 bits per heavy atom. The molecule has 0 aliphatic heterocycles. The van der Waals surface area contributed by atoms with Crippen molar-refractivity contribution in [2.75, 3.05) is 14.2 Å². The van der Waals surface area contributed by atoms with E-state index in [2.05, 4.69) is 20.3 Å². The molecule has 4 aromatic rings. The van der Waals surface area contributed by atoms with Crippen LogP contribution in [0.2, 0.25) is 0 Å². The van der Waals surface area contributed by atoms with Crippen molar-refractivity contribution < 1.29 is 18.4 Å². The Kier molecular flexibility index (Phi) is 5.52. The first kappa shape index (κ1) is 19.1. The van der Waals surface area contributed by atoms with Crippen LogP contribution in [0.25, 0.3) is 23.0 Å². The molecule has 10 heteroatoms. The van der Waals surface area contributed by atoms with Gasteiger partial charge in [-0.1, -0.05) is 16.9 Å². The Morgan fingerprint density at radius 1 is 1.10 bits per heavy atom. The minimum atomic E-state index is 0.469. The first-order valence-corrected chi connectivity index (χ1v) is 9.87. The normalized spacial score (nSPS) is 11.0. The van der Waals surface area contributed by atoms with Gasteiger partial charge >= 0.3 is 0 Å². The van der Waals surface area contributed by atoms with Crippen LogP contribution in [0.1, 0.15) is 12.8 Å². The van der Waals surface area contributed by atoms with E-state index in [0.29, 0.717) is 47.1 Å². The molecular weight excluding hydrogens is 394 g/mol. The zero-order valence-electron chi connectivity index (χ0n) is 16.2. The number of benzene rings is 1. The Bertz CT molecular complexity index is 1090. The molecule has 29 heavy (non-hydrogen) atoms. The van der Waals surface area contributed by atoms with Gasteiger partial charge in [0.15, 0.2) is 28.2 Å². The van der Waals surface area contributed by atoms with E-state index in [9.17, 15) is 0 Å². The lowest BCUT2D eigenvalue weighted by Crippen LogP contribution is -1.99. The Morgan fingerprint density at radius 3 is 2.69 bits per heavy atom. The topological polar surface area (TPSA) is 101 Å². The van der Waals surface area contributed by atoms with Crippen LogP contribution < -0.4 is 9.47 Å². The molecule has 9 nitrogen and oxygen atoms in total. The highest BCUT2D eigenvalue weighted by Crippen LogP contribution is 2.32. The lowest BCUT2D eigenvalue weighted by molar-refractivity contribution is 0.355. The van der Waals surface area contributed by atoms with Crippen molar-refractivity contribution in [3.05, 3.63) is 42.5 Å². The molecule has 0 unspecified atom stereocenters. The summed E-state index contributed by atoms with van der Waals surface area (Å²) in [6, 6.07) is 9.15. The molecule has 150 valence electrons. The number of hydrogen-bond acceptors (Lipinski definition) is 9. The van der Waals surface area contributed by atoms with Gasteiger partial charge in [0.25, 0.3) is 0 Å². The summed E-state index contributed by atoms with van der Waals surface area (Å²) >= 11 is 1.47. The zero-order valence-corrected chi connectivity index (χ0v) is 17.0. The maximum atomic E-state index is 5.43. The third-order valence-corrected chi connectivity index (χ3v) is 5.16. The van der Waals surface area contributed by atoms with E-state index >= 15 is 0 Å². The number of methoxy groups -OCH3 is 2. The van der Waals surface area contributed by atoms with E-state index in [1.165, 1.54) is 11.8 Å². The second-order valence-corrected chi connectivity index (χ2v) is 6.84. The minimum absolute atomic E-state index is 0.469. The van der Waals surface area contributed by atoms with Crippen molar-refractivity contribution in [3.8, 4) is 34.5 Å². The Hall–Kier alpha value is -3.27. The van der Waals surface area contributed by atoms with Crippen LogP contribution >= 0.6 is 11.8 Å². The van der Waals surface area contributed by atoms with Crippen molar-refractivity contribution in [2.45, 2.75) is 24.4 Å². The van der Waals surface area contributed by atoms with E-state index < -0.39 is 0 Å². The van der Waals surface area contributed by atoms with Crippen LogP contribution in [0.15, 0.2) is 50.7 Å². The van der Waals surface area contributed by atoms with Crippen LogP contribution in [-0.2, 0) is 12.3 Å². The molecular formula is C19H19N5O4S. The smallest absolute Gasteiger partial charge is 0.237 e. The van der Waals surface area contributed by atoms with Crippen LogP contribution in [0.4, 0.5) is 0 Å². The molecule has 0 N–H and O–H groups in total. The summed E-state index contributed by atoms with van der Waals surface area (Å²) in [6.07, 6.45) is 1.62. The predicted molar refractivity (Wildman–Crippen MR) is 106 cm³/mol. The number of thioether (sulfide) groups is 1. The molecule has 0 aliphatic rings. The van der Waals surface area contributed by atoms with Gasteiger partial charge in [-0.2, -0.15) is 4.98 Å². The molecule has 1 aromatic carbocycles. The molecule has 0 spiro atoms.